The van der Waals surface area contributed by atoms with Crippen molar-refractivity contribution in [1.82, 2.24) is 9.97 Å². The normalized spacial score (nSPS) is 14.2. The first-order chi connectivity index (χ1) is 13.1. The molecule has 1 aromatic heterocycles. The van der Waals surface area contributed by atoms with Gasteiger partial charge in [-0.3, -0.25) is 9.59 Å². The molecule has 144 valence electrons. The van der Waals surface area contributed by atoms with Crippen LogP contribution < -0.4 is 15.8 Å². The van der Waals surface area contributed by atoms with Crippen molar-refractivity contribution < 1.29 is 9.53 Å². The van der Waals surface area contributed by atoms with Crippen LogP contribution in [0.4, 0.5) is 11.4 Å². The third kappa shape index (κ3) is 4.90. The van der Waals surface area contributed by atoms with Crippen LogP contribution in [-0.2, 0) is 16.0 Å². The highest BCUT2D eigenvalue weighted by atomic mass is 32.2. The lowest BCUT2D eigenvalue weighted by atomic mass is 10.1. The number of carbonyl (C=O) groups is 1. The van der Waals surface area contributed by atoms with Gasteiger partial charge in [-0.15, -0.1) is 0 Å². The molecule has 0 unspecified atom stereocenters. The van der Waals surface area contributed by atoms with Crippen LogP contribution in [0, 0.1) is 6.92 Å². The van der Waals surface area contributed by atoms with Gasteiger partial charge in [0, 0.05) is 30.8 Å². The number of hydrogen-bond donors (Lipinski definition) is 2. The number of amides is 1. The van der Waals surface area contributed by atoms with E-state index in [1.165, 1.54) is 11.8 Å². The van der Waals surface area contributed by atoms with Crippen molar-refractivity contribution in [1.29, 1.82) is 0 Å². The number of nitrogens with one attached hydrogen (secondary N) is 2. The van der Waals surface area contributed by atoms with Gasteiger partial charge in [0.05, 0.1) is 24.6 Å². The summed E-state index contributed by atoms with van der Waals surface area (Å²) < 4.78 is 5.40. The van der Waals surface area contributed by atoms with E-state index in [4.69, 9.17) is 4.74 Å². The topological polar surface area (TPSA) is 87.3 Å². The van der Waals surface area contributed by atoms with Crippen LogP contribution in [0.25, 0.3) is 0 Å². The molecule has 0 bridgehead atoms. The van der Waals surface area contributed by atoms with Crippen LogP contribution in [0.1, 0.15) is 17.7 Å². The Labute approximate surface area is 162 Å². The zero-order chi connectivity index (χ0) is 19.2. The van der Waals surface area contributed by atoms with E-state index < -0.39 is 0 Å². The van der Waals surface area contributed by atoms with Crippen molar-refractivity contribution in [2.75, 3.05) is 42.8 Å². The molecule has 1 aliphatic rings. The lowest BCUT2D eigenvalue weighted by Gasteiger charge is -2.30. The van der Waals surface area contributed by atoms with Gasteiger partial charge >= 0.3 is 0 Å². The van der Waals surface area contributed by atoms with E-state index in [1.54, 1.807) is 6.92 Å². The summed E-state index contributed by atoms with van der Waals surface area (Å²) in [5.41, 5.74) is 2.84. The van der Waals surface area contributed by atoms with E-state index in [2.05, 4.69) is 20.2 Å². The third-order valence-corrected chi connectivity index (χ3v) is 5.11. The third-order valence-electron chi connectivity index (χ3n) is 4.53. The van der Waals surface area contributed by atoms with Crippen LogP contribution in [0.15, 0.2) is 34.2 Å². The number of aromatic nitrogens is 2. The second-order valence-corrected chi connectivity index (χ2v) is 7.10. The summed E-state index contributed by atoms with van der Waals surface area (Å²) >= 11 is 1.39. The number of rotatable bonds is 6. The molecule has 0 atom stereocenters. The molecule has 8 heteroatoms. The predicted octanol–water partition coefficient (Wildman–Crippen LogP) is 2.21. The lowest BCUT2D eigenvalue weighted by Crippen LogP contribution is -2.36. The fourth-order valence-electron chi connectivity index (χ4n) is 3.09. The van der Waals surface area contributed by atoms with Crippen LogP contribution in [0.3, 0.4) is 0 Å². The second-order valence-electron chi connectivity index (χ2n) is 6.30. The molecular formula is C19H24N4O3S. The zero-order valence-electron chi connectivity index (χ0n) is 15.6. The zero-order valence-corrected chi connectivity index (χ0v) is 16.4. The summed E-state index contributed by atoms with van der Waals surface area (Å²) in [6.07, 6.45) is 2.44. The van der Waals surface area contributed by atoms with Crippen LogP contribution in [0.5, 0.6) is 0 Å². The summed E-state index contributed by atoms with van der Waals surface area (Å²) in [6.45, 7) is 4.77. The molecule has 3 rings (SSSR count). The maximum atomic E-state index is 12.5. The van der Waals surface area contributed by atoms with Crippen molar-refractivity contribution in [2.45, 2.75) is 24.9 Å². The van der Waals surface area contributed by atoms with Gasteiger partial charge in [-0.2, -0.15) is 0 Å². The average Bonchev–Trinajstić information content (AvgIpc) is 2.68. The monoisotopic (exact) mass is 388 g/mol. The fraction of sp³-hybridized carbons (Fsp3) is 0.421. The molecular weight excluding hydrogens is 364 g/mol. The van der Waals surface area contributed by atoms with Gasteiger partial charge in [0.15, 0.2) is 5.16 Å². The lowest BCUT2D eigenvalue weighted by molar-refractivity contribution is -0.116. The summed E-state index contributed by atoms with van der Waals surface area (Å²) in [4.78, 5) is 34.0. The van der Waals surface area contributed by atoms with Gasteiger partial charge in [0.1, 0.15) is 0 Å². The molecule has 27 heavy (non-hydrogen) atoms. The van der Waals surface area contributed by atoms with Gasteiger partial charge in [-0.1, -0.05) is 23.9 Å². The van der Waals surface area contributed by atoms with Crippen molar-refractivity contribution in [3.05, 3.63) is 45.9 Å². The Hall–Kier alpha value is -2.32. The van der Waals surface area contributed by atoms with Crippen LogP contribution in [0.2, 0.25) is 0 Å². The number of hydrogen-bond acceptors (Lipinski definition) is 6. The molecule has 0 aliphatic carbocycles. The van der Waals surface area contributed by atoms with Crippen LogP contribution >= 0.6 is 11.8 Å². The molecule has 2 heterocycles. The van der Waals surface area contributed by atoms with Crippen molar-refractivity contribution in [3.8, 4) is 0 Å². The number of thioether (sulfide) groups is 1. The standard InChI is InChI=1S/C19H24N4O3S/c1-13-14(18(25)22-19(20-13)27-2)7-8-17(24)21-15-5-3-4-6-16(15)23-9-11-26-12-10-23/h3-6H,7-12H2,1-2H3,(H,21,24)(H,20,22,25). The number of anilines is 2. The largest absolute Gasteiger partial charge is 0.378 e. The molecule has 7 nitrogen and oxygen atoms in total. The van der Waals surface area contributed by atoms with E-state index >= 15 is 0 Å². The van der Waals surface area contributed by atoms with Gasteiger partial charge in [-0.05, 0) is 31.7 Å². The van der Waals surface area contributed by atoms with Crippen molar-refractivity contribution in [3.63, 3.8) is 0 Å². The van der Waals surface area contributed by atoms with Crippen molar-refractivity contribution >= 4 is 29.0 Å². The number of para-hydroxylation sites is 2. The van der Waals surface area contributed by atoms with E-state index in [9.17, 15) is 9.59 Å². The average molecular weight is 388 g/mol. The summed E-state index contributed by atoms with van der Waals surface area (Å²) in [5, 5.41) is 3.57. The minimum absolute atomic E-state index is 0.122. The minimum atomic E-state index is -0.173. The SMILES string of the molecule is CSc1nc(C)c(CCC(=O)Nc2ccccc2N2CCOCC2)c(=O)[nH]1. The molecule has 1 aromatic carbocycles. The van der Waals surface area contributed by atoms with E-state index in [0.717, 1.165) is 24.5 Å². The molecule has 1 fully saturated rings. The molecule has 1 amide bonds. The smallest absolute Gasteiger partial charge is 0.254 e. The Balaban J connectivity index is 1.66. The molecule has 2 N–H and O–H groups in total. The van der Waals surface area contributed by atoms with Gasteiger partial charge in [0.2, 0.25) is 5.91 Å². The number of ether oxygens (including phenoxy) is 1. The Morgan fingerprint density at radius 2 is 2.07 bits per heavy atom. The van der Waals surface area contributed by atoms with Crippen LogP contribution in [-0.4, -0.2) is 48.4 Å². The second kappa shape index (κ2) is 9.05. The minimum Gasteiger partial charge on any atom is -0.378 e. The molecule has 0 radical (unpaired) electrons. The Bertz CT molecular complexity index is 862. The highest BCUT2D eigenvalue weighted by Crippen LogP contribution is 2.26. The number of aromatic amines is 1. The molecule has 1 saturated heterocycles. The molecule has 0 saturated carbocycles. The first-order valence-corrected chi connectivity index (χ1v) is 10.2. The summed E-state index contributed by atoms with van der Waals surface area (Å²) in [5.74, 6) is -0.122. The summed E-state index contributed by atoms with van der Waals surface area (Å²) in [7, 11) is 0. The number of aryl methyl sites for hydroxylation is 1. The Morgan fingerprint density at radius 1 is 1.33 bits per heavy atom. The first kappa shape index (κ1) is 19.4. The summed E-state index contributed by atoms with van der Waals surface area (Å²) in [6, 6.07) is 7.76. The number of carbonyl (C=O) groups excluding carboxylic acids is 1. The predicted molar refractivity (Wildman–Crippen MR) is 108 cm³/mol. The molecule has 1 aliphatic heterocycles. The highest BCUT2D eigenvalue weighted by Gasteiger charge is 2.16. The first-order valence-electron chi connectivity index (χ1n) is 8.94. The molecule has 2 aromatic rings. The maximum Gasteiger partial charge on any atom is 0.254 e. The Kier molecular flexibility index (Phi) is 6.52. The van der Waals surface area contributed by atoms with Gasteiger partial charge in [-0.25, -0.2) is 4.98 Å². The quantitative estimate of drug-likeness (QED) is 0.583. The highest BCUT2D eigenvalue weighted by molar-refractivity contribution is 7.98. The van der Waals surface area contributed by atoms with Gasteiger partial charge in [0.25, 0.3) is 5.56 Å². The maximum absolute atomic E-state index is 12.5. The molecule has 0 spiro atoms. The number of benzene rings is 1. The fourth-order valence-corrected chi connectivity index (χ4v) is 3.51. The van der Waals surface area contributed by atoms with E-state index in [0.29, 0.717) is 36.0 Å². The number of H-pyrrole nitrogens is 1. The van der Waals surface area contributed by atoms with E-state index in [-0.39, 0.29) is 17.9 Å². The number of morpholine rings is 1. The Morgan fingerprint density at radius 3 is 2.78 bits per heavy atom. The van der Waals surface area contributed by atoms with Crippen molar-refractivity contribution in [2.24, 2.45) is 0 Å². The van der Waals surface area contributed by atoms with E-state index in [1.807, 2.05) is 30.5 Å². The number of nitrogens with zero attached hydrogens (tertiary/aromatic N) is 2. The van der Waals surface area contributed by atoms with Gasteiger partial charge < -0.3 is 19.9 Å².